The van der Waals surface area contributed by atoms with Crippen LogP contribution in [0.3, 0.4) is 0 Å². The van der Waals surface area contributed by atoms with Gasteiger partial charge < -0.3 is 19.6 Å². The Morgan fingerprint density at radius 3 is 1.55 bits per heavy atom. The lowest BCUT2D eigenvalue weighted by Crippen LogP contribution is -2.41. The minimum absolute atomic E-state index is 0.701. The fourth-order valence-electron chi connectivity index (χ4n) is 2.33. The highest BCUT2D eigenvalue weighted by atomic mass is 15.4. The molecular formula is C14H24N6. The molecule has 2 heterocycles. The van der Waals surface area contributed by atoms with Gasteiger partial charge in [-0.25, -0.2) is 0 Å². The van der Waals surface area contributed by atoms with Gasteiger partial charge in [0.2, 0.25) is 0 Å². The van der Waals surface area contributed by atoms with Crippen LogP contribution < -0.4 is 0 Å². The van der Waals surface area contributed by atoms with E-state index in [4.69, 9.17) is 0 Å². The molecule has 2 rings (SSSR count). The van der Waals surface area contributed by atoms with Crippen molar-refractivity contribution < 1.29 is 0 Å². The molecule has 2 aliphatic rings. The van der Waals surface area contributed by atoms with Crippen molar-refractivity contribution >= 4 is 11.9 Å². The molecule has 20 heavy (non-hydrogen) atoms. The van der Waals surface area contributed by atoms with Crippen LogP contribution in [0, 0.1) is 0 Å². The van der Waals surface area contributed by atoms with Gasteiger partial charge in [-0.3, -0.25) is 9.98 Å². The van der Waals surface area contributed by atoms with E-state index in [1.807, 2.05) is 23.9 Å². The van der Waals surface area contributed by atoms with Crippen molar-refractivity contribution in [3.8, 4) is 0 Å². The predicted octanol–water partition coefficient (Wildman–Crippen LogP) is 0.480. The standard InChI is InChI=1S/C14H24N6/c1-17-9-5-10-18(2)13(17)15-7-8-16-14-19(3)11-6-12-20(14)4/h5-6,9,11H,7-8,10,12H2,1-4H3. The van der Waals surface area contributed by atoms with Gasteiger partial charge in [0, 0.05) is 53.7 Å². The van der Waals surface area contributed by atoms with E-state index in [2.05, 4.69) is 58.4 Å². The molecule has 0 saturated carbocycles. The number of hydrogen-bond acceptors (Lipinski definition) is 2. The summed E-state index contributed by atoms with van der Waals surface area (Å²) in [5, 5.41) is 0. The van der Waals surface area contributed by atoms with Crippen molar-refractivity contribution in [3.05, 3.63) is 24.6 Å². The van der Waals surface area contributed by atoms with Crippen molar-refractivity contribution in [1.29, 1.82) is 0 Å². The molecule has 0 spiro atoms. The zero-order valence-electron chi connectivity index (χ0n) is 12.8. The molecule has 2 aliphatic heterocycles. The van der Waals surface area contributed by atoms with Crippen LogP contribution in [0.2, 0.25) is 0 Å². The molecule has 0 aromatic rings. The third-order valence-corrected chi connectivity index (χ3v) is 3.34. The Balaban J connectivity index is 1.92. The van der Waals surface area contributed by atoms with Gasteiger partial charge in [0.1, 0.15) is 0 Å². The molecule has 0 unspecified atom stereocenters. The van der Waals surface area contributed by atoms with E-state index in [9.17, 15) is 0 Å². The maximum absolute atomic E-state index is 4.63. The Morgan fingerprint density at radius 1 is 0.800 bits per heavy atom. The van der Waals surface area contributed by atoms with Crippen LogP contribution in [0.25, 0.3) is 0 Å². The Hall–Kier alpha value is -1.98. The van der Waals surface area contributed by atoms with Crippen LogP contribution in [-0.4, -0.2) is 85.9 Å². The lowest BCUT2D eigenvalue weighted by Gasteiger charge is -2.30. The fraction of sp³-hybridized carbons (Fsp3) is 0.571. The van der Waals surface area contributed by atoms with Gasteiger partial charge in [0.25, 0.3) is 0 Å². The van der Waals surface area contributed by atoms with E-state index in [-0.39, 0.29) is 0 Å². The Labute approximate surface area is 121 Å². The Morgan fingerprint density at radius 2 is 1.20 bits per heavy atom. The average Bonchev–Trinajstić information content (AvgIpc) is 2.40. The second-order valence-electron chi connectivity index (χ2n) is 5.12. The third-order valence-electron chi connectivity index (χ3n) is 3.34. The molecule has 0 N–H and O–H groups in total. The number of rotatable bonds is 3. The Kier molecular flexibility index (Phi) is 4.65. The summed E-state index contributed by atoms with van der Waals surface area (Å²) >= 11 is 0. The zero-order chi connectivity index (χ0) is 14.5. The fourth-order valence-corrected chi connectivity index (χ4v) is 2.33. The van der Waals surface area contributed by atoms with Gasteiger partial charge in [-0.15, -0.1) is 0 Å². The molecular weight excluding hydrogens is 252 g/mol. The van der Waals surface area contributed by atoms with Crippen molar-refractivity contribution in [1.82, 2.24) is 19.6 Å². The number of nitrogens with zero attached hydrogens (tertiary/aromatic N) is 6. The summed E-state index contributed by atoms with van der Waals surface area (Å²) < 4.78 is 0. The van der Waals surface area contributed by atoms with Crippen molar-refractivity contribution in [3.63, 3.8) is 0 Å². The second-order valence-corrected chi connectivity index (χ2v) is 5.12. The predicted molar refractivity (Wildman–Crippen MR) is 83.7 cm³/mol. The van der Waals surface area contributed by atoms with Crippen LogP contribution in [0.15, 0.2) is 34.5 Å². The number of guanidine groups is 2. The van der Waals surface area contributed by atoms with Crippen LogP contribution in [-0.2, 0) is 0 Å². The first-order valence-corrected chi connectivity index (χ1v) is 6.89. The van der Waals surface area contributed by atoms with Gasteiger partial charge in [-0.1, -0.05) is 0 Å². The molecule has 0 aliphatic carbocycles. The topological polar surface area (TPSA) is 37.7 Å². The third kappa shape index (κ3) is 3.31. The highest BCUT2D eigenvalue weighted by Crippen LogP contribution is 2.04. The number of likely N-dealkylation sites (N-methyl/N-ethyl adjacent to an activating group) is 2. The molecule has 0 amide bonds. The number of hydrogen-bond donors (Lipinski definition) is 0. The van der Waals surface area contributed by atoms with E-state index in [1.165, 1.54) is 0 Å². The first kappa shape index (κ1) is 14.4. The van der Waals surface area contributed by atoms with Crippen LogP contribution in [0.1, 0.15) is 0 Å². The summed E-state index contributed by atoms with van der Waals surface area (Å²) in [4.78, 5) is 17.6. The quantitative estimate of drug-likeness (QED) is 0.703. The monoisotopic (exact) mass is 276 g/mol. The molecule has 0 atom stereocenters. The SMILES string of the molecule is CN1C=CCN(C)C1=NCCN=C1N(C)C=CCN1C. The molecule has 6 nitrogen and oxygen atoms in total. The van der Waals surface area contributed by atoms with Crippen molar-refractivity contribution in [2.75, 3.05) is 54.4 Å². The first-order valence-electron chi connectivity index (χ1n) is 6.89. The largest absolute Gasteiger partial charge is 0.342 e. The van der Waals surface area contributed by atoms with E-state index in [1.54, 1.807) is 0 Å². The van der Waals surface area contributed by atoms with Gasteiger partial charge in [-0.05, 0) is 12.2 Å². The summed E-state index contributed by atoms with van der Waals surface area (Å²) in [5.41, 5.74) is 0. The van der Waals surface area contributed by atoms with Gasteiger partial charge in [0.05, 0.1) is 13.1 Å². The Bertz CT molecular complexity index is 409. The molecule has 0 aromatic heterocycles. The van der Waals surface area contributed by atoms with Crippen molar-refractivity contribution in [2.24, 2.45) is 9.98 Å². The smallest absolute Gasteiger partial charge is 0.200 e. The maximum Gasteiger partial charge on any atom is 0.200 e. The second kappa shape index (κ2) is 6.45. The molecule has 0 aromatic carbocycles. The lowest BCUT2D eigenvalue weighted by molar-refractivity contribution is 0.445. The van der Waals surface area contributed by atoms with Gasteiger partial charge in [0.15, 0.2) is 11.9 Å². The summed E-state index contributed by atoms with van der Waals surface area (Å²) in [6, 6.07) is 0. The van der Waals surface area contributed by atoms with E-state index in [0.717, 1.165) is 25.0 Å². The maximum atomic E-state index is 4.63. The highest BCUT2D eigenvalue weighted by Gasteiger charge is 2.14. The van der Waals surface area contributed by atoms with E-state index in [0.29, 0.717) is 13.1 Å². The van der Waals surface area contributed by atoms with E-state index >= 15 is 0 Å². The minimum atomic E-state index is 0.701. The molecule has 6 heteroatoms. The summed E-state index contributed by atoms with van der Waals surface area (Å²) in [5.74, 6) is 2.00. The van der Waals surface area contributed by atoms with E-state index < -0.39 is 0 Å². The molecule has 0 radical (unpaired) electrons. The number of aliphatic imine (C=N–C) groups is 2. The van der Waals surface area contributed by atoms with Gasteiger partial charge >= 0.3 is 0 Å². The minimum Gasteiger partial charge on any atom is -0.342 e. The van der Waals surface area contributed by atoms with Crippen LogP contribution in [0.5, 0.6) is 0 Å². The summed E-state index contributed by atoms with van der Waals surface area (Å²) in [6.45, 7) is 3.22. The first-order chi connectivity index (χ1) is 9.59. The van der Waals surface area contributed by atoms with Crippen LogP contribution >= 0.6 is 0 Å². The van der Waals surface area contributed by atoms with Crippen molar-refractivity contribution in [2.45, 2.75) is 0 Å². The normalized spacial score (nSPS) is 23.4. The van der Waals surface area contributed by atoms with Crippen LogP contribution in [0.4, 0.5) is 0 Å². The molecule has 0 fully saturated rings. The summed E-state index contributed by atoms with van der Waals surface area (Å²) in [6.07, 6.45) is 8.35. The summed E-state index contributed by atoms with van der Waals surface area (Å²) in [7, 11) is 8.14. The zero-order valence-corrected chi connectivity index (χ0v) is 12.8. The molecule has 0 saturated heterocycles. The molecule has 0 bridgehead atoms. The lowest BCUT2D eigenvalue weighted by atomic mass is 10.4. The highest BCUT2D eigenvalue weighted by molar-refractivity contribution is 5.82. The average molecular weight is 276 g/mol. The molecule has 110 valence electrons. The van der Waals surface area contributed by atoms with Gasteiger partial charge in [-0.2, -0.15) is 0 Å².